The molecule has 3 aromatic carbocycles. The fraction of sp³-hybridized carbons (Fsp3) is 0.200. The van der Waals surface area contributed by atoms with E-state index in [0.29, 0.717) is 16.9 Å². The van der Waals surface area contributed by atoms with E-state index < -0.39 is 23.5 Å². The Balaban J connectivity index is 1.81. The molecule has 1 atom stereocenters. The molecule has 188 valence electrons. The van der Waals surface area contributed by atoms with Crippen molar-refractivity contribution < 1.29 is 23.8 Å². The molecular formula is C30H27FN2O4. The normalized spacial score (nSPS) is 17.5. The molecule has 7 heteroatoms. The van der Waals surface area contributed by atoms with E-state index in [4.69, 9.17) is 4.74 Å². The molecule has 0 spiro atoms. The molecule has 0 bridgehead atoms. The van der Waals surface area contributed by atoms with Crippen LogP contribution in [-0.2, 0) is 15.0 Å². The number of ketones is 1. The van der Waals surface area contributed by atoms with E-state index in [1.807, 2.05) is 51.1 Å². The molecule has 37 heavy (non-hydrogen) atoms. The van der Waals surface area contributed by atoms with E-state index in [0.717, 1.165) is 16.5 Å². The quantitative estimate of drug-likeness (QED) is 0.198. The van der Waals surface area contributed by atoms with Crippen molar-refractivity contribution in [3.63, 3.8) is 0 Å². The standard InChI is InChI=1S/C30H27FN2O4/c1-30(2,3)17-12-13-24(37-4)21(14-17)27(34)25-26(22-16-32-23-11-6-5-10-20(22)23)33(29(36)28(25)35)19-9-7-8-18(31)15-19/h5-16,26,32,34H,1-4H3/b27-25+. The minimum absolute atomic E-state index is 0.0941. The number of para-hydroxylation sites is 1. The van der Waals surface area contributed by atoms with E-state index in [1.54, 1.807) is 24.4 Å². The van der Waals surface area contributed by atoms with Crippen LogP contribution in [0.4, 0.5) is 10.1 Å². The number of methoxy groups -OCH3 is 1. The molecule has 1 aromatic heterocycles. The van der Waals surface area contributed by atoms with Gasteiger partial charge in [-0.2, -0.15) is 0 Å². The molecular weight excluding hydrogens is 471 g/mol. The SMILES string of the molecule is COc1ccc(C(C)(C)C)cc1/C(O)=C1\C(=O)C(=O)N(c2cccc(F)c2)C1c1c[nH]c2ccccc12. The first-order valence-corrected chi connectivity index (χ1v) is 11.9. The number of Topliss-reactive ketones (excluding diaryl/α,β-unsaturated/α-hetero) is 1. The molecule has 0 saturated carbocycles. The first-order chi connectivity index (χ1) is 17.6. The zero-order valence-electron chi connectivity index (χ0n) is 21.0. The number of aromatic amines is 1. The predicted molar refractivity (Wildman–Crippen MR) is 141 cm³/mol. The van der Waals surface area contributed by atoms with Gasteiger partial charge in [0.1, 0.15) is 17.3 Å². The molecule has 1 amide bonds. The number of carbonyl (C=O) groups excluding carboxylic acids is 2. The summed E-state index contributed by atoms with van der Waals surface area (Å²) in [6.07, 6.45) is 1.71. The zero-order chi connectivity index (χ0) is 26.5. The summed E-state index contributed by atoms with van der Waals surface area (Å²) in [5, 5.41) is 12.5. The molecule has 1 aliphatic heterocycles. The summed E-state index contributed by atoms with van der Waals surface area (Å²) in [5.41, 5.74) is 2.50. The van der Waals surface area contributed by atoms with Crippen LogP contribution in [0.2, 0.25) is 0 Å². The lowest BCUT2D eigenvalue weighted by molar-refractivity contribution is -0.132. The number of aliphatic hydroxyl groups excluding tert-OH is 1. The zero-order valence-corrected chi connectivity index (χ0v) is 21.0. The van der Waals surface area contributed by atoms with Gasteiger partial charge >= 0.3 is 0 Å². The van der Waals surface area contributed by atoms with Crippen LogP contribution in [-0.4, -0.2) is 28.9 Å². The fourth-order valence-corrected chi connectivity index (χ4v) is 4.84. The summed E-state index contributed by atoms with van der Waals surface area (Å²) in [6, 6.07) is 17.4. The first kappa shape index (κ1) is 24.3. The molecule has 1 unspecified atom stereocenters. The Kier molecular flexibility index (Phi) is 5.86. The number of halogens is 1. The fourth-order valence-electron chi connectivity index (χ4n) is 4.84. The topological polar surface area (TPSA) is 82.6 Å². The van der Waals surface area contributed by atoms with Crippen molar-refractivity contribution >= 4 is 34.0 Å². The van der Waals surface area contributed by atoms with Gasteiger partial charge in [-0.05, 0) is 47.4 Å². The van der Waals surface area contributed by atoms with E-state index in [2.05, 4.69) is 4.98 Å². The number of H-pyrrole nitrogens is 1. The highest BCUT2D eigenvalue weighted by Crippen LogP contribution is 2.45. The van der Waals surface area contributed by atoms with E-state index >= 15 is 0 Å². The largest absolute Gasteiger partial charge is 0.507 e. The van der Waals surface area contributed by atoms with Crippen molar-refractivity contribution in [1.82, 2.24) is 4.98 Å². The van der Waals surface area contributed by atoms with Crippen molar-refractivity contribution in [2.24, 2.45) is 0 Å². The molecule has 1 aliphatic rings. The Labute approximate surface area is 214 Å². The van der Waals surface area contributed by atoms with E-state index in [1.165, 1.54) is 30.2 Å². The van der Waals surface area contributed by atoms with E-state index in [-0.39, 0.29) is 22.4 Å². The molecule has 2 heterocycles. The second kappa shape index (κ2) is 8.92. The highest BCUT2D eigenvalue weighted by Gasteiger charge is 2.48. The van der Waals surface area contributed by atoms with Crippen LogP contribution in [0.5, 0.6) is 5.75 Å². The summed E-state index contributed by atoms with van der Waals surface area (Å²) < 4.78 is 19.8. The second-order valence-corrected chi connectivity index (χ2v) is 10.1. The number of hydrogen-bond donors (Lipinski definition) is 2. The number of anilines is 1. The third-order valence-electron chi connectivity index (χ3n) is 6.77. The van der Waals surface area contributed by atoms with Gasteiger partial charge in [0.25, 0.3) is 11.7 Å². The Bertz CT molecular complexity index is 1580. The molecule has 4 aromatic rings. The Hall–Kier alpha value is -4.39. The maximum Gasteiger partial charge on any atom is 0.300 e. The third-order valence-corrected chi connectivity index (χ3v) is 6.77. The number of nitrogens with zero attached hydrogens (tertiary/aromatic N) is 1. The van der Waals surface area contributed by atoms with Gasteiger partial charge < -0.3 is 14.8 Å². The molecule has 6 nitrogen and oxygen atoms in total. The molecule has 1 saturated heterocycles. The Morgan fingerprint density at radius 3 is 2.49 bits per heavy atom. The maximum atomic E-state index is 14.2. The summed E-state index contributed by atoms with van der Waals surface area (Å²) in [6.45, 7) is 6.11. The number of carbonyl (C=O) groups is 2. The minimum atomic E-state index is -0.999. The number of fused-ring (bicyclic) bond motifs is 1. The van der Waals surface area contributed by atoms with Crippen LogP contribution >= 0.6 is 0 Å². The van der Waals surface area contributed by atoms with Crippen molar-refractivity contribution in [2.45, 2.75) is 32.2 Å². The number of ether oxygens (including phenoxy) is 1. The number of nitrogens with one attached hydrogen (secondary N) is 1. The van der Waals surface area contributed by atoms with Crippen LogP contribution in [0.3, 0.4) is 0 Å². The smallest absolute Gasteiger partial charge is 0.300 e. The second-order valence-electron chi connectivity index (χ2n) is 10.1. The van der Waals surface area contributed by atoms with Crippen LogP contribution in [0.25, 0.3) is 16.7 Å². The van der Waals surface area contributed by atoms with Gasteiger partial charge in [0.2, 0.25) is 0 Å². The van der Waals surface area contributed by atoms with Gasteiger partial charge in [0.05, 0.1) is 24.3 Å². The summed E-state index contributed by atoms with van der Waals surface area (Å²) in [5.74, 6) is -2.25. The monoisotopic (exact) mass is 498 g/mol. The van der Waals surface area contributed by atoms with Gasteiger partial charge in [-0.1, -0.05) is 51.1 Å². The van der Waals surface area contributed by atoms with Crippen molar-refractivity contribution in [1.29, 1.82) is 0 Å². The maximum absolute atomic E-state index is 14.2. The first-order valence-electron chi connectivity index (χ1n) is 11.9. The van der Waals surface area contributed by atoms with Gasteiger partial charge in [0, 0.05) is 28.4 Å². The summed E-state index contributed by atoms with van der Waals surface area (Å²) >= 11 is 0. The van der Waals surface area contributed by atoms with Gasteiger partial charge in [-0.15, -0.1) is 0 Å². The highest BCUT2D eigenvalue weighted by atomic mass is 19.1. The van der Waals surface area contributed by atoms with Gasteiger partial charge in [0.15, 0.2) is 0 Å². The summed E-state index contributed by atoms with van der Waals surface area (Å²) in [7, 11) is 1.48. The number of aromatic nitrogens is 1. The van der Waals surface area contributed by atoms with Crippen molar-refractivity contribution in [3.8, 4) is 5.75 Å². The molecule has 5 rings (SSSR count). The van der Waals surface area contributed by atoms with E-state index in [9.17, 15) is 19.1 Å². The number of rotatable bonds is 4. The number of benzene rings is 3. The predicted octanol–water partition coefficient (Wildman–Crippen LogP) is 6.24. The molecule has 1 fully saturated rings. The van der Waals surface area contributed by atoms with Crippen molar-refractivity contribution in [3.05, 3.63) is 101 Å². The van der Waals surface area contributed by atoms with Crippen LogP contribution in [0.1, 0.15) is 43.5 Å². The number of hydrogen-bond acceptors (Lipinski definition) is 4. The third kappa shape index (κ3) is 4.06. The lowest BCUT2D eigenvalue weighted by atomic mass is 9.85. The number of amides is 1. The number of aliphatic hydroxyl groups is 1. The lowest BCUT2D eigenvalue weighted by Gasteiger charge is -2.25. The molecule has 0 aliphatic carbocycles. The minimum Gasteiger partial charge on any atom is -0.507 e. The molecule has 2 N–H and O–H groups in total. The summed E-state index contributed by atoms with van der Waals surface area (Å²) in [4.78, 5) is 31.4. The average molecular weight is 499 g/mol. The van der Waals surface area contributed by atoms with Crippen LogP contribution < -0.4 is 9.64 Å². The van der Waals surface area contributed by atoms with Crippen molar-refractivity contribution in [2.75, 3.05) is 12.0 Å². The van der Waals surface area contributed by atoms with Gasteiger partial charge in [-0.25, -0.2) is 4.39 Å². The average Bonchev–Trinajstić information content (AvgIpc) is 3.41. The lowest BCUT2D eigenvalue weighted by Crippen LogP contribution is -2.29. The molecule has 0 radical (unpaired) electrons. The Morgan fingerprint density at radius 2 is 1.78 bits per heavy atom. The highest BCUT2D eigenvalue weighted by molar-refractivity contribution is 6.52. The van der Waals surface area contributed by atoms with Crippen LogP contribution in [0, 0.1) is 5.82 Å². The Morgan fingerprint density at radius 1 is 1.03 bits per heavy atom. The van der Waals surface area contributed by atoms with Crippen LogP contribution in [0.15, 0.2) is 78.5 Å². The van der Waals surface area contributed by atoms with Gasteiger partial charge in [-0.3, -0.25) is 14.5 Å².